The van der Waals surface area contributed by atoms with Crippen LogP contribution in [0.1, 0.15) is 5.69 Å². The van der Waals surface area contributed by atoms with Crippen molar-refractivity contribution in [2.24, 2.45) is 0 Å². The third kappa shape index (κ3) is 2.20. The molecule has 14 heavy (non-hydrogen) atoms. The smallest absolute Gasteiger partial charge is 0.223 e. The van der Waals surface area contributed by atoms with Crippen molar-refractivity contribution < 1.29 is 4.52 Å². The average Bonchev–Trinajstić information content (AvgIpc) is 2.70. The molecule has 2 rings (SSSR count). The van der Waals surface area contributed by atoms with E-state index in [1.165, 1.54) is 18.7 Å². The summed E-state index contributed by atoms with van der Waals surface area (Å²) in [6.45, 7) is 0.526. The predicted octanol–water partition coefficient (Wildman–Crippen LogP) is 1.73. The third-order valence-electron chi connectivity index (χ3n) is 1.54. The normalized spacial score (nSPS) is 10.1. The maximum absolute atomic E-state index is 5.63. The fraction of sp³-hybridized carbons (Fsp3) is 0.125. The fourth-order valence-corrected chi connectivity index (χ4v) is 1.000. The first-order valence-corrected chi connectivity index (χ1v) is 4.33. The Bertz CT molecular complexity index is 386. The molecule has 6 heteroatoms. The van der Waals surface area contributed by atoms with E-state index in [1.807, 2.05) is 0 Å². The molecule has 0 amide bonds. The average molecular weight is 211 g/mol. The number of nitrogens with zero attached hydrogens (tertiary/aromatic N) is 3. The Hall–Kier alpha value is -1.62. The van der Waals surface area contributed by atoms with Crippen molar-refractivity contribution in [3.63, 3.8) is 0 Å². The molecule has 0 radical (unpaired) electrons. The summed E-state index contributed by atoms with van der Waals surface area (Å²) in [6.07, 6.45) is 4.57. The third-order valence-corrected chi connectivity index (χ3v) is 1.73. The second-order valence-electron chi connectivity index (χ2n) is 2.57. The Morgan fingerprint density at radius 2 is 2.14 bits per heavy atom. The quantitative estimate of drug-likeness (QED) is 0.836. The van der Waals surface area contributed by atoms with Gasteiger partial charge in [0.25, 0.3) is 0 Å². The molecule has 0 aliphatic heterocycles. The molecule has 2 heterocycles. The lowest BCUT2D eigenvalue weighted by Crippen LogP contribution is -2.02. The zero-order valence-corrected chi connectivity index (χ0v) is 7.90. The highest BCUT2D eigenvalue weighted by atomic mass is 35.5. The zero-order valence-electron chi connectivity index (χ0n) is 7.14. The van der Waals surface area contributed by atoms with Crippen LogP contribution in [0.4, 0.5) is 5.95 Å². The van der Waals surface area contributed by atoms with Gasteiger partial charge in [-0.3, -0.25) is 0 Å². The van der Waals surface area contributed by atoms with Crippen LogP contribution < -0.4 is 5.32 Å². The second-order valence-corrected chi connectivity index (χ2v) is 3.01. The maximum Gasteiger partial charge on any atom is 0.223 e. The molecule has 0 atom stereocenters. The van der Waals surface area contributed by atoms with Gasteiger partial charge in [-0.1, -0.05) is 16.8 Å². The van der Waals surface area contributed by atoms with E-state index in [0.29, 0.717) is 17.5 Å². The highest BCUT2D eigenvalue weighted by molar-refractivity contribution is 6.30. The molecule has 72 valence electrons. The molecule has 1 N–H and O–H groups in total. The summed E-state index contributed by atoms with van der Waals surface area (Å²) >= 11 is 5.63. The van der Waals surface area contributed by atoms with E-state index in [-0.39, 0.29) is 0 Å². The maximum atomic E-state index is 5.63. The van der Waals surface area contributed by atoms with Crippen LogP contribution in [0.3, 0.4) is 0 Å². The molecule has 0 unspecified atom stereocenters. The van der Waals surface area contributed by atoms with Crippen molar-refractivity contribution in [1.82, 2.24) is 15.1 Å². The minimum Gasteiger partial charge on any atom is -0.364 e. The van der Waals surface area contributed by atoms with Gasteiger partial charge in [0.2, 0.25) is 5.95 Å². The second kappa shape index (κ2) is 4.06. The van der Waals surface area contributed by atoms with Crippen LogP contribution >= 0.6 is 11.6 Å². The van der Waals surface area contributed by atoms with Crippen molar-refractivity contribution in [3.05, 3.63) is 35.4 Å². The molecule has 0 aliphatic rings. The number of nitrogens with one attached hydrogen (secondary N) is 1. The van der Waals surface area contributed by atoms with Crippen LogP contribution in [0.15, 0.2) is 29.2 Å². The molecule has 0 saturated carbocycles. The van der Waals surface area contributed by atoms with Gasteiger partial charge >= 0.3 is 0 Å². The summed E-state index contributed by atoms with van der Waals surface area (Å²) in [6, 6.07) is 1.77. The highest BCUT2D eigenvalue weighted by Gasteiger charge is 1.98. The van der Waals surface area contributed by atoms with Gasteiger partial charge in [0, 0.05) is 6.07 Å². The Labute approximate surface area is 85.1 Å². The van der Waals surface area contributed by atoms with Gasteiger partial charge in [-0.2, -0.15) is 0 Å². The number of anilines is 1. The van der Waals surface area contributed by atoms with Gasteiger partial charge in [-0.05, 0) is 0 Å². The van der Waals surface area contributed by atoms with E-state index >= 15 is 0 Å². The summed E-state index contributed by atoms with van der Waals surface area (Å²) in [5.74, 6) is 0.511. The van der Waals surface area contributed by atoms with Crippen LogP contribution in [0.25, 0.3) is 0 Å². The van der Waals surface area contributed by atoms with Crippen molar-refractivity contribution in [1.29, 1.82) is 0 Å². The van der Waals surface area contributed by atoms with Gasteiger partial charge in [0.15, 0.2) is 0 Å². The summed E-state index contributed by atoms with van der Waals surface area (Å²) in [4.78, 5) is 7.93. The number of hydrogen-bond donors (Lipinski definition) is 1. The number of rotatable bonds is 3. The summed E-state index contributed by atoms with van der Waals surface area (Å²) in [5, 5.41) is 7.21. The van der Waals surface area contributed by atoms with E-state index in [4.69, 9.17) is 11.6 Å². The standard InChI is InChI=1S/C8H7ClN4O/c9-6-3-10-8(11-4-6)12-5-7-1-2-14-13-7/h1-4H,5H2,(H,10,11,12). The van der Waals surface area contributed by atoms with Crippen molar-refractivity contribution >= 4 is 17.5 Å². The Balaban J connectivity index is 1.95. The highest BCUT2D eigenvalue weighted by Crippen LogP contribution is 2.06. The summed E-state index contributed by atoms with van der Waals surface area (Å²) in [7, 11) is 0. The van der Waals surface area contributed by atoms with E-state index in [0.717, 1.165) is 5.69 Å². The number of aromatic nitrogens is 3. The minimum absolute atomic E-state index is 0.511. The molecule has 0 aliphatic carbocycles. The van der Waals surface area contributed by atoms with E-state index in [1.54, 1.807) is 6.07 Å². The van der Waals surface area contributed by atoms with Gasteiger partial charge in [-0.25, -0.2) is 9.97 Å². The van der Waals surface area contributed by atoms with Gasteiger partial charge in [-0.15, -0.1) is 0 Å². The SMILES string of the molecule is Clc1cnc(NCc2ccon2)nc1. The van der Waals surface area contributed by atoms with Crippen molar-refractivity contribution in [2.75, 3.05) is 5.32 Å². The molecular formula is C8H7ClN4O. The van der Waals surface area contributed by atoms with Crippen LogP contribution in [0.2, 0.25) is 5.02 Å². The van der Waals surface area contributed by atoms with E-state index < -0.39 is 0 Å². The van der Waals surface area contributed by atoms with Crippen LogP contribution in [-0.2, 0) is 6.54 Å². The largest absolute Gasteiger partial charge is 0.364 e. The first-order chi connectivity index (χ1) is 6.84. The lowest BCUT2D eigenvalue weighted by Gasteiger charge is -2.00. The summed E-state index contributed by atoms with van der Waals surface area (Å²) < 4.78 is 4.67. The Kier molecular flexibility index (Phi) is 2.60. The molecule has 5 nitrogen and oxygen atoms in total. The van der Waals surface area contributed by atoms with Crippen molar-refractivity contribution in [3.8, 4) is 0 Å². The molecule has 0 saturated heterocycles. The Morgan fingerprint density at radius 3 is 2.79 bits per heavy atom. The van der Waals surface area contributed by atoms with Crippen LogP contribution in [0.5, 0.6) is 0 Å². The number of halogens is 1. The van der Waals surface area contributed by atoms with Gasteiger partial charge in [0.05, 0.1) is 24.0 Å². The summed E-state index contributed by atoms with van der Waals surface area (Å²) in [5.41, 5.74) is 0.795. The lowest BCUT2D eigenvalue weighted by molar-refractivity contribution is 0.412. The topological polar surface area (TPSA) is 63.8 Å². The molecule has 0 bridgehead atoms. The molecule has 0 aromatic carbocycles. The van der Waals surface area contributed by atoms with Gasteiger partial charge in [0.1, 0.15) is 12.0 Å². The molecular weight excluding hydrogens is 204 g/mol. The van der Waals surface area contributed by atoms with E-state index in [2.05, 4.69) is 25.0 Å². The van der Waals surface area contributed by atoms with Gasteiger partial charge < -0.3 is 9.84 Å². The van der Waals surface area contributed by atoms with Crippen LogP contribution in [0, 0.1) is 0 Å². The van der Waals surface area contributed by atoms with E-state index in [9.17, 15) is 0 Å². The first-order valence-electron chi connectivity index (χ1n) is 3.95. The Morgan fingerprint density at radius 1 is 1.36 bits per heavy atom. The first kappa shape index (κ1) is 8.96. The van der Waals surface area contributed by atoms with Crippen molar-refractivity contribution in [2.45, 2.75) is 6.54 Å². The fourth-order valence-electron chi connectivity index (χ4n) is 0.902. The monoisotopic (exact) mass is 210 g/mol. The molecule has 0 spiro atoms. The molecule has 2 aromatic rings. The number of hydrogen-bond acceptors (Lipinski definition) is 5. The minimum atomic E-state index is 0.511. The lowest BCUT2D eigenvalue weighted by atomic mass is 10.4. The molecule has 0 fully saturated rings. The zero-order chi connectivity index (χ0) is 9.80. The van der Waals surface area contributed by atoms with Crippen LogP contribution in [-0.4, -0.2) is 15.1 Å². The molecule has 2 aromatic heterocycles. The predicted molar refractivity (Wildman–Crippen MR) is 50.9 cm³/mol.